The Labute approximate surface area is 118 Å². The summed E-state index contributed by atoms with van der Waals surface area (Å²) in [6.07, 6.45) is 4.67. The van der Waals surface area contributed by atoms with Crippen molar-refractivity contribution in [3.05, 3.63) is 29.8 Å². The Kier molecular flexibility index (Phi) is 4.27. The van der Waals surface area contributed by atoms with Crippen molar-refractivity contribution in [2.45, 2.75) is 32.6 Å². The molecule has 2 amide bonds. The molecule has 1 aromatic rings. The highest BCUT2D eigenvalue weighted by Gasteiger charge is 2.41. The van der Waals surface area contributed by atoms with Crippen LogP contribution in [0.1, 0.15) is 43.0 Å². The molecule has 5 nitrogen and oxygen atoms in total. The van der Waals surface area contributed by atoms with Crippen molar-refractivity contribution in [1.82, 2.24) is 5.32 Å². The van der Waals surface area contributed by atoms with E-state index in [9.17, 15) is 9.59 Å². The third-order valence-corrected chi connectivity index (χ3v) is 3.75. The summed E-state index contributed by atoms with van der Waals surface area (Å²) in [7, 11) is 0. The number of carbonyl (C=O) groups excluding carboxylic acids is 1. The zero-order valence-electron chi connectivity index (χ0n) is 11.6. The van der Waals surface area contributed by atoms with Crippen LogP contribution in [0, 0.1) is 5.41 Å². The summed E-state index contributed by atoms with van der Waals surface area (Å²) in [5, 5.41) is 14.4. The summed E-state index contributed by atoms with van der Waals surface area (Å²) < 4.78 is 0. The molecule has 2 rings (SSSR count). The van der Waals surface area contributed by atoms with Crippen molar-refractivity contribution in [1.29, 1.82) is 0 Å². The number of nitrogens with one attached hydrogen (secondary N) is 2. The SMILES string of the molecule is CCCC1(CNC(=O)Nc2ccc(C(=O)O)cc2)CC1. The number of aromatic carboxylic acids is 1. The second kappa shape index (κ2) is 5.94. The molecule has 0 unspecified atom stereocenters. The molecule has 3 N–H and O–H groups in total. The summed E-state index contributed by atoms with van der Waals surface area (Å²) in [6, 6.07) is 5.87. The highest BCUT2D eigenvalue weighted by Crippen LogP contribution is 2.48. The zero-order chi connectivity index (χ0) is 14.6. The molecule has 1 aliphatic rings. The van der Waals surface area contributed by atoms with E-state index in [-0.39, 0.29) is 11.6 Å². The quantitative estimate of drug-likeness (QED) is 0.747. The van der Waals surface area contributed by atoms with Crippen molar-refractivity contribution >= 4 is 17.7 Å². The standard InChI is InChI=1S/C15H20N2O3/c1-2-7-15(8-9-15)10-16-14(20)17-12-5-3-11(4-6-12)13(18)19/h3-6H,2,7-10H2,1H3,(H,18,19)(H2,16,17,20). The molecule has 108 valence electrons. The number of hydrogen-bond donors (Lipinski definition) is 3. The lowest BCUT2D eigenvalue weighted by atomic mass is 10.0. The summed E-state index contributed by atoms with van der Waals surface area (Å²) in [4.78, 5) is 22.5. The molecular weight excluding hydrogens is 256 g/mol. The molecule has 1 fully saturated rings. The molecule has 1 aromatic carbocycles. The van der Waals surface area contributed by atoms with Gasteiger partial charge >= 0.3 is 12.0 Å². The van der Waals surface area contributed by atoms with Crippen LogP contribution in [0.15, 0.2) is 24.3 Å². The molecule has 0 aromatic heterocycles. The first-order valence-corrected chi connectivity index (χ1v) is 6.93. The third kappa shape index (κ3) is 3.73. The van der Waals surface area contributed by atoms with Crippen LogP contribution in [0.3, 0.4) is 0 Å². The fraction of sp³-hybridized carbons (Fsp3) is 0.467. The van der Waals surface area contributed by atoms with Crippen LogP contribution in [0.5, 0.6) is 0 Å². The minimum absolute atomic E-state index is 0.204. The Morgan fingerprint density at radius 3 is 2.40 bits per heavy atom. The topological polar surface area (TPSA) is 78.4 Å². The summed E-state index contributed by atoms with van der Waals surface area (Å²) in [5.41, 5.74) is 1.11. The zero-order valence-corrected chi connectivity index (χ0v) is 11.6. The number of benzene rings is 1. The van der Waals surface area contributed by atoms with E-state index in [2.05, 4.69) is 17.6 Å². The second-order valence-electron chi connectivity index (χ2n) is 5.44. The number of amides is 2. The Morgan fingerprint density at radius 1 is 1.25 bits per heavy atom. The van der Waals surface area contributed by atoms with Gasteiger partial charge in [-0.2, -0.15) is 0 Å². The summed E-state index contributed by atoms with van der Waals surface area (Å²) >= 11 is 0. The van der Waals surface area contributed by atoms with E-state index in [1.807, 2.05) is 0 Å². The van der Waals surface area contributed by atoms with Gasteiger partial charge in [-0.05, 0) is 48.9 Å². The molecule has 0 radical (unpaired) electrons. The lowest BCUT2D eigenvalue weighted by molar-refractivity contribution is 0.0697. The van der Waals surface area contributed by atoms with Crippen molar-refractivity contribution < 1.29 is 14.7 Å². The number of carbonyl (C=O) groups is 2. The smallest absolute Gasteiger partial charge is 0.335 e. The number of carboxylic acid groups (broad SMARTS) is 1. The lowest BCUT2D eigenvalue weighted by Gasteiger charge is -2.15. The normalized spacial score (nSPS) is 15.4. The predicted octanol–water partition coefficient (Wildman–Crippen LogP) is 3.09. The van der Waals surface area contributed by atoms with Gasteiger partial charge in [-0.25, -0.2) is 9.59 Å². The van der Waals surface area contributed by atoms with E-state index in [0.717, 1.165) is 12.8 Å². The maximum absolute atomic E-state index is 11.8. The van der Waals surface area contributed by atoms with Gasteiger partial charge in [-0.15, -0.1) is 0 Å². The van der Waals surface area contributed by atoms with Gasteiger partial charge in [0.1, 0.15) is 0 Å². The monoisotopic (exact) mass is 276 g/mol. The Hall–Kier alpha value is -2.04. The maximum atomic E-state index is 11.8. The first kappa shape index (κ1) is 14.4. The lowest BCUT2D eigenvalue weighted by Crippen LogP contribution is -2.33. The second-order valence-corrected chi connectivity index (χ2v) is 5.44. The molecule has 0 spiro atoms. The van der Waals surface area contributed by atoms with Crippen molar-refractivity contribution in [3.63, 3.8) is 0 Å². The van der Waals surface area contributed by atoms with Gasteiger partial charge < -0.3 is 15.7 Å². The van der Waals surface area contributed by atoms with Crippen LogP contribution in [-0.4, -0.2) is 23.7 Å². The van der Waals surface area contributed by atoms with Gasteiger partial charge in [0.05, 0.1) is 5.56 Å². The molecule has 1 saturated carbocycles. The Morgan fingerprint density at radius 2 is 1.90 bits per heavy atom. The van der Waals surface area contributed by atoms with E-state index in [4.69, 9.17) is 5.11 Å². The van der Waals surface area contributed by atoms with Crippen LogP contribution >= 0.6 is 0 Å². The molecular formula is C15H20N2O3. The van der Waals surface area contributed by atoms with Gasteiger partial charge in [0.15, 0.2) is 0 Å². The highest BCUT2D eigenvalue weighted by molar-refractivity contribution is 5.91. The van der Waals surface area contributed by atoms with E-state index >= 15 is 0 Å². The van der Waals surface area contributed by atoms with Gasteiger partial charge in [0.25, 0.3) is 0 Å². The van der Waals surface area contributed by atoms with Gasteiger partial charge in [0, 0.05) is 12.2 Å². The fourth-order valence-electron chi connectivity index (χ4n) is 2.36. The highest BCUT2D eigenvalue weighted by atomic mass is 16.4. The molecule has 0 aliphatic heterocycles. The van der Waals surface area contributed by atoms with Crippen molar-refractivity contribution in [2.24, 2.45) is 5.41 Å². The third-order valence-electron chi connectivity index (χ3n) is 3.75. The van der Waals surface area contributed by atoms with E-state index in [0.29, 0.717) is 17.6 Å². The van der Waals surface area contributed by atoms with Crippen LogP contribution in [0.25, 0.3) is 0 Å². The largest absolute Gasteiger partial charge is 0.478 e. The molecule has 0 atom stereocenters. The van der Waals surface area contributed by atoms with Gasteiger partial charge in [-0.3, -0.25) is 0 Å². The minimum Gasteiger partial charge on any atom is -0.478 e. The van der Waals surface area contributed by atoms with Crippen molar-refractivity contribution in [3.8, 4) is 0 Å². The van der Waals surface area contributed by atoms with Crippen LogP contribution in [-0.2, 0) is 0 Å². The molecule has 0 saturated heterocycles. The first-order valence-electron chi connectivity index (χ1n) is 6.93. The molecule has 0 bridgehead atoms. The van der Waals surface area contributed by atoms with Crippen LogP contribution < -0.4 is 10.6 Å². The average molecular weight is 276 g/mol. The Balaban J connectivity index is 1.81. The van der Waals surface area contributed by atoms with Crippen LogP contribution in [0.2, 0.25) is 0 Å². The van der Waals surface area contributed by atoms with Crippen molar-refractivity contribution in [2.75, 3.05) is 11.9 Å². The van der Waals surface area contributed by atoms with Crippen LogP contribution in [0.4, 0.5) is 10.5 Å². The number of urea groups is 1. The molecule has 1 aliphatic carbocycles. The summed E-state index contributed by atoms with van der Waals surface area (Å²) in [5.74, 6) is -0.976. The van der Waals surface area contributed by atoms with Gasteiger partial charge in [-0.1, -0.05) is 13.3 Å². The number of anilines is 1. The molecule has 20 heavy (non-hydrogen) atoms. The summed E-state index contributed by atoms with van der Waals surface area (Å²) in [6.45, 7) is 2.87. The molecule has 5 heteroatoms. The predicted molar refractivity (Wildman–Crippen MR) is 77.0 cm³/mol. The molecule has 0 heterocycles. The number of rotatable bonds is 6. The van der Waals surface area contributed by atoms with E-state index < -0.39 is 5.97 Å². The van der Waals surface area contributed by atoms with E-state index in [1.165, 1.54) is 25.0 Å². The first-order chi connectivity index (χ1) is 9.54. The number of carboxylic acids is 1. The minimum atomic E-state index is -0.976. The fourth-order valence-corrected chi connectivity index (χ4v) is 2.36. The Bertz CT molecular complexity index is 492. The van der Waals surface area contributed by atoms with Gasteiger partial charge in [0.2, 0.25) is 0 Å². The maximum Gasteiger partial charge on any atom is 0.335 e. The van der Waals surface area contributed by atoms with E-state index in [1.54, 1.807) is 12.1 Å². The average Bonchev–Trinajstić information content (AvgIpc) is 3.18. The number of hydrogen-bond acceptors (Lipinski definition) is 2.